The lowest BCUT2D eigenvalue weighted by atomic mass is 9.81. The molecule has 3 heterocycles. The van der Waals surface area contributed by atoms with Gasteiger partial charge in [-0.3, -0.25) is 9.69 Å². The lowest BCUT2D eigenvalue weighted by Crippen LogP contribution is -2.61. The van der Waals surface area contributed by atoms with Crippen molar-refractivity contribution in [2.45, 2.75) is 50.6 Å². The lowest BCUT2D eigenvalue weighted by molar-refractivity contribution is -0.143. The summed E-state index contributed by atoms with van der Waals surface area (Å²) in [6.45, 7) is 10.2. The van der Waals surface area contributed by atoms with Crippen molar-refractivity contribution in [2.75, 3.05) is 49.8 Å². The number of piperazine rings is 1. The van der Waals surface area contributed by atoms with Gasteiger partial charge >= 0.3 is 12.4 Å². The van der Waals surface area contributed by atoms with Crippen molar-refractivity contribution >= 4 is 17.4 Å². The van der Waals surface area contributed by atoms with Crippen LogP contribution in [-0.4, -0.2) is 72.9 Å². The first kappa shape index (κ1) is 35.3. The zero-order chi connectivity index (χ0) is 35.3. The molecule has 0 spiro atoms. The van der Waals surface area contributed by atoms with Crippen LogP contribution in [0.2, 0.25) is 0 Å². The number of hydrogen-bond donors (Lipinski definition) is 1. The molecule has 7 nitrogen and oxygen atoms in total. The van der Waals surface area contributed by atoms with Crippen LogP contribution in [0.4, 0.5) is 42.2 Å². The Hall–Kier alpha value is -4.01. The Morgan fingerprint density at radius 1 is 1.02 bits per heavy atom. The molecule has 0 saturated carbocycles. The van der Waals surface area contributed by atoms with Crippen LogP contribution in [0.5, 0.6) is 0 Å². The third-order valence-electron chi connectivity index (χ3n) is 9.06. The van der Waals surface area contributed by atoms with E-state index in [2.05, 4.69) is 16.5 Å². The second kappa shape index (κ2) is 12.8. The van der Waals surface area contributed by atoms with E-state index in [0.717, 1.165) is 4.90 Å². The zero-order valence-electron chi connectivity index (χ0n) is 26.7. The molecule has 14 heteroatoms. The van der Waals surface area contributed by atoms with E-state index in [1.807, 2.05) is 0 Å². The number of carbonyl (C=O) groups excluding carboxylic acids is 1. The van der Waals surface area contributed by atoms with E-state index in [9.17, 15) is 40.6 Å². The minimum absolute atomic E-state index is 0.0125. The number of aryl methyl sites for hydroxylation is 1. The molecule has 2 fully saturated rings. The quantitative estimate of drug-likeness (QED) is 0.297. The van der Waals surface area contributed by atoms with Crippen molar-refractivity contribution in [3.05, 3.63) is 89.0 Å². The molecule has 48 heavy (non-hydrogen) atoms. The van der Waals surface area contributed by atoms with Crippen LogP contribution < -0.4 is 9.80 Å². The summed E-state index contributed by atoms with van der Waals surface area (Å²) in [5.41, 5.74) is -3.27. The lowest BCUT2D eigenvalue weighted by Gasteiger charge is -2.49. The molecule has 0 unspecified atom stereocenters. The summed E-state index contributed by atoms with van der Waals surface area (Å²) in [4.78, 5) is 23.8. The number of likely N-dealkylation sites (N-methyl/N-ethyl adjacent to an activating group) is 1. The van der Waals surface area contributed by atoms with Crippen LogP contribution in [-0.2, 0) is 27.3 Å². The number of hydrogen-bond acceptors (Lipinski definition) is 6. The summed E-state index contributed by atoms with van der Waals surface area (Å²) in [7, 11) is 1.34. The Balaban J connectivity index is 1.61. The number of nitrogens with zero attached hydrogens (tertiary/aromatic N) is 4. The zero-order valence-corrected chi connectivity index (χ0v) is 26.7. The van der Waals surface area contributed by atoms with Crippen molar-refractivity contribution in [1.29, 1.82) is 0 Å². The molecule has 0 bridgehead atoms. The van der Waals surface area contributed by atoms with Crippen LogP contribution in [0.25, 0.3) is 11.1 Å². The van der Waals surface area contributed by atoms with Gasteiger partial charge in [0.1, 0.15) is 11.6 Å². The molecular weight excluding hydrogens is 645 g/mol. The van der Waals surface area contributed by atoms with Crippen LogP contribution >= 0.6 is 0 Å². The fourth-order valence-electron chi connectivity index (χ4n) is 6.33. The van der Waals surface area contributed by atoms with Gasteiger partial charge in [-0.15, -0.1) is 0 Å². The molecular formula is C34H35F7N4O3. The Kier molecular flexibility index (Phi) is 9.40. The number of rotatable bonds is 6. The number of alkyl halides is 6. The normalized spacial score (nSPS) is 19.3. The number of pyridine rings is 1. The van der Waals surface area contributed by atoms with Crippen LogP contribution in [0, 0.1) is 12.7 Å². The van der Waals surface area contributed by atoms with E-state index in [-0.39, 0.29) is 24.4 Å². The summed E-state index contributed by atoms with van der Waals surface area (Å²) in [6, 6.07) is 6.15. The van der Waals surface area contributed by atoms with Crippen LogP contribution in [0.1, 0.15) is 36.1 Å². The molecule has 258 valence electrons. The summed E-state index contributed by atoms with van der Waals surface area (Å²) in [5, 5.41) is 10.3. The number of aliphatic hydroxyl groups is 1. The molecule has 1 amide bonds. The first-order chi connectivity index (χ1) is 22.3. The van der Waals surface area contributed by atoms with Crippen molar-refractivity contribution < 1.29 is 45.4 Å². The van der Waals surface area contributed by atoms with Gasteiger partial charge in [0, 0.05) is 31.4 Å². The number of aromatic nitrogens is 1. The molecule has 1 aromatic heterocycles. The minimum atomic E-state index is -5.10. The molecule has 5 rings (SSSR count). The van der Waals surface area contributed by atoms with Crippen molar-refractivity contribution in [3.63, 3.8) is 0 Å². The summed E-state index contributed by atoms with van der Waals surface area (Å²) in [5.74, 6) is -0.972. The number of ether oxygens (including phenoxy) is 1. The van der Waals surface area contributed by atoms with E-state index in [1.54, 1.807) is 17.9 Å². The number of benzene rings is 2. The van der Waals surface area contributed by atoms with E-state index < -0.39 is 52.2 Å². The summed E-state index contributed by atoms with van der Waals surface area (Å²) >= 11 is 0. The highest BCUT2D eigenvalue weighted by molar-refractivity contribution is 6.03. The number of anilines is 2. The fourth-order valence-corrected chi connectivity index (χ4v) is 6.33. The van der Waals surface area contributed by atoms with E-state index in [0.29, 0.717) is 66.6 Å². The predicted octanol–water partition coefficient (Wildman–Crippen LogP) is 6.57. The monoisotopic (exact) mass is 680 g/mol. The van der Waals surface area contributed by atoms with Gasteiger partial charge in [0.05, 0.1) is 60.3 Å². The fraction of sp³-hybridized carbons (Fsp3) is 0.412. The van der Waals surface area contributed by atoms with Gasteiger partial charge in [0.15, 0.2) is 0 Å². The molecule has 0 aliphatic carbocycles. The number of morpholine rings is 1. The number of amides is 1. The molecule has 1 N–H and O–H groups in total. The molecule has 2 atom stereocenters. The van der Waals surface area contributed by atoms with E-state index >= 15 is 0 Å². The molecule has 2 aliphatic heterocycles. The van der Waals surface area contributed by atoms with Gasteiger partial charge in [0.2, 0.25) is 5.91 Å². The van der Waals surface area contributed by atoms with Gasteiger partial charge in [-0.1, -0.05) is 12.6 Å². The van der Waals surface area contributed by atoms with Gasteiger partial charge < -0.3 is 19.6 Å². The van der Waals surface area contributed by atoms with Gasteiger partial charge in [0.25, 0.3) is 0 Å². The second-order valence-corrected chi connectivity index (χ2v) is 12.6. The highest BCUT2D eigenvalue weighted by Crippen LogP contribution is 2.42. The maximum atomic E-state index is 14.2. The van der Waals surface area contributed by atoms with Gasteiger partial charge in [-0.2, -0.15) is 26.3 Å². The van der Waals surface area contributed by atoms with E-state index in [4.69, 9.17) is 4.74 Å². The highest BCUT2D eigenvalue weighted by atomic mass is 19.4. The number of fused-ring (bicyclic) bond motifs is 1. The Bertz CT molecular complexity index is 1690. The van der Waals surface area contributed by atoms with Crippen molar-refractivity contribution in [1.82, 2.24) is 9.88 Å². The summed E-state index contributed by atoms with van der Waals surface area (Å²) < 4.78 is 102. The van der Waals surface area contributed by atoms with Gasteiger partial charge in [-0.05, 0) is 73.9 Å². The largest absolute Gasteiger partial charge is 0.416 e. The maximum Gasteiger partial charge on any atom is 0.416 e. The first-order valence-corrected chi connectivity index (χ1v) is 15.1. The summed E-state index contributed by atoms with van der Waals surface area (Å²) in [6.07, 6.45) is -8.83. The average Bonchev–Trinajstić information content (AvgIpc) is 3.02. The standard InChI is InChI=1S/C34H35F7N4O3/c1-19-10-24(35)6-7-26(19)27-14-30(45-20(2)29-18-48-9-8-44(29)16-25(45)17-46)42-15-28(27)43(5)31(47)32(3,4)21-11-22(33(36,37)38)13-23(12-21)34(39,40)41/h6-7,10-15,25,29,46H,2,8-9,16-18H2,1,3-5H3/t25-,29+/m0/s1. The highest BCUT2D eigenvalue weighted by Gasteiger charge is 2.42. The van der Waals surface area contributed by atoms with Gasteiger partial charge in [-0.25, -0.2) is 9.37 Å². The number of aliphatic hydroxyl groups excluding tert-OH is 1. The van der Waals surface area contributed by atoms with Crippen molar-refractivity contribution in [3.8, 4) is 11.1 Å². The SMILES string of the molecule is C=C1[C@H]2COCCN2C[C@@H](CO)N1c1cc(-c2ccc(F)cc2C)c(N(C)C(=O)C(C)(C)c2cc(C(F)(F)F)cc(C(F)(F)F)c2)cn1. The Morgan fingerprint density at radius 3 is 2.23 bits per heavy atom. The third kappa shape index (κ3) is 6.65. The predicted molar refractivity (Wildman–Crippen MR) is 166 cm³/mol. The average molecular weight is 681 g/mol. The second-order valence-electron chi connectivity index (χ2n) is 12.6. The smallest absolute Gasteiger partial charge is 0.394 e. The molecule has 2 saturated heterocycles. The molecule has 2 aliphatic rings. The number of halogens is 7. The van der Waals surface area contributed by atoms with Crippen LogP contribution in [0.3, 0.4) is 0 Å². The first-order valence-electron chi connectivity index (χ1n) is 15.1. The molecule has 3 aromatic rings. The topological polar surface area (TPSA) is 69.1 Å². The molecule has 0 radical (unpaired) electrons. The Morgan fingerprint density at radius 2 is 1.65 bits per heavy atom. The molecule has 2 aromatic carbocycles. The van der Waals surface area contributed by atoms with Crippen LogP contribution in [0.15, 0.2) is 60.9 Å². The number of carbonyl (C=O) groups is 1. The third-order valence-corrected chi connectivity index (χ3v) is 9.06. The van der Waals surface area contributed by atoms with Crippen molar-refractivity contribution in [2.24, 2.45) is 0 Å². The maximum absolute atomic E-state index is 14.2. The van der Waals surface area contributed by atoms with E-state index in [1.165, 1.54) is 45.3 Å². The minimum Gasteiger partial charge on any atom is -0.394 e. The Labute approximate surface area is 273 Å².